The van der Waals surface area contributed by atoms with E-state index in [1.54, 1.807) is 0 Å². The van der Waals surface area contributed by atoms with Gasteiger partial charge in [0.25, 0.3) is 0 Å². The highest BCUT2D eigenvalue weighted by molar-refractivity contribution is 6.02. The van der Waals surface area contributed by atoms with E-state index < -0.39 is 5.60 Å². The first-order chi connectivity index (χ1) is 12.2. The molecule has 2 aromatic heterocycles. The summed E-state index contributed by atoms with van der Waals surface area (Å²) < 4.78 is 7.81. The van der Waals surface area contributed by atoms with Gasteiger partial charge in [-0.2, -0.15) is 0 Å². The van der Waals surface area contributed by atoms with E-state index in [0.717, 1.165) is 53.4 Å². The van der Waals surface area contributed by atoms with Gasteiger partial charge in [-0.25, -0.2) is 4.98 Å². The quantitative estimate of drug-likeness (QED) is 0.768. The van der Waals surface area contributed by atoms with Crippen LogP contribution in [0.4, 0.5) is 0 Å². The van der Waals surface area contributed by atoms with Gasteiger partial charge >= 0.3 is 0 Å². The van der Waals surface area contributed by atoms with Crippen molar-refractivity contribution in [3.05, 3.63) is 36.3 Å². The van der Waals surface area contributed by atoms with Crippen LogP contribution in [0.1, 0.15) is 44.9 Å². The van der Waals surface area contributed by atoms with Crippen molar-refractivity contribution < 1.29 is 9.84 Å². The number of ether oxygens (including phenoxy) is 1. The average molecular weight is 339 g/mol. The van der Waals surface area contributed by atoms with Gasteiger partial charge in [0, 0.05) is 12.0 Å². The number of benzene rings is 1. The maximum Gasteiger partial charge on any atom is 0.136 e. The molecule has 1 N–H and O–H groups in total. The smallest absolute Gasteiger partial charge is 0.136 e. The molecule has 3 aromatic rings. The molecule has 4 rings (SSSR count). The van der Waals surface area contributed by atoms with Gasteiger partial charge in [0.15, 0.2) is 0 Å². The highest BCUT2D eigenvalue weighted by Crippen LogP contribution is 2.33. The molecule has 25 heavy (non-hydrogen) atoms. The Balaban J connectivity index is 1.86. The van der Waals surface area contributed by atoms with Gasteiger partial charge in [-0.3, -0.25) is 4.98 Å². The third-order valence-electron chi connectivity index (χ3n) is 5.23. The molecule has 1 aliphatic rings. The van der Waals surface area contributed by atoms with Crippen LogP contribution in [0.3, 0.4) is 0 Å². The molecule has 1 saturated carbocycles. The largest absolute Gasteiger partial charge is 0.388 e. The number of rotatable bonds is 5. The van der Waals surface area contributed by atoms with Gasteiger partial charge in [-0.15, -0.1) is 0 Å². The van der Waals surface area contributed by atoms with Crippen molar-refractivity contribution in [2.75, 3.05) is 6.61 Å². The summed E-state index contributed by atoms with van der Waals surface area (Å²) in [7, 11) is 0. The summed E-state index contributed by atoms with van der Waals surface area (Å²) in [6.07, 6.45) is 6.92. The van der Waals surface area contributed by atoms with Gasteiger partial charge in [0.2, 0.25) is 0 Å². The Hall–Kier alpha value is -1.98. The molecule has 0 saturated heterocycles. The number of nitrogens with zero attached hydrogens (tertiary/aromatic N) is 3. The molecule has 1 aliphatic carbocycles. The number of aromatic nitrogens is 3. The van der Waals surface area contributed by atoms with E-state index in [2.05, 4.69) is 15.6 Å². The van der Waals surface area contributed by atoms with Crippen LogP contribution in [0.15, 0.2) is 30.5 Å². The van der Waals surface area contributed by atoms with Crippen LogP contribution in [0, 0.1) is 0 Å². The van der Waals surface area contributed by atoms with Crippen LogP contribution in [-0.4, -0.2) is 31.8 Å². The second kappa shape index (κ2) is 6.73. The lowest BCUT2D eigenvalue weighted by atomic mass is 9.85. The van der Waals surface area contributed by atoms with Crippen molar-refractivity contribution in [2.45, 2.75) is 57.8 Å². The number of imidazole rings is 1. The number of fused-ring (bicyclic) bond motifs is 3. The van der Waals surface area contributed by atoms with Crippen molar-refractivity contribution in [2.24, 2.45) is 0 Å². The first-order valence-corrected chi connectivity index (χ1v) is 9.23. The monoisotopic (exact) mass is 339 g/mol. The van der Waals surface area contributed by atoms with Crippen molar-refractivity contribution in [3.63, 3.8) is 0 Å². The Kier molecular flexibility index (Phi) is 4.44. The van der Waals surface area contributed by atoms with Crippen LogP contribution < -0.4 is 0 Å². The Morgan fingerprint density at radius 2 is 1.96 bits per heavy atom. The minimum Gasteiger partial charge on any atom is -0.388 e. The highest BCUT2D eigenvalue weighted by Gasteiger charge is 2.31. The topological polar surface area (TPSA) is 60.2 Å². The zero-order valence-corrected chi connectivity index (χ0v) is 14.7. The molecule has 0 amide bonds. The van der Waals surface area contributed by atoms with Gasteiger partial charge in [-0.05, 0) is 25.8 Å². The molecule has 5 nitrogen and oxygen atoms in total. The van der Waals surface area contributed by atoms with Crippen molar-refractivity contribution in [1.29, 1.82) is 0 Å². The SMILES string of the molecule is CCOCc1nc2cnc3ccccc3c2n1CC1(O)CCCCC1. The predicted octanol–water partition coefficient (Wildman–Crippen LogP) is 3.82. The standard InChI is InChI=1S/C20H25N3O2/c1-2-25-13-18-22-17-12-21-16-9-5-4-8-15(16)19(17)23(18)14-20(24)10-6-3-7-11-20/h4-5,8-9,12,24H,2-3,6-7,10-11,13-14H2,1H3. The summed E-state index contributed by atoms with van der Waals surface area (Å²) >= 11 is 0. The molecule has 2 heterocycles. The Morgan fingerprint density at radius 3 is 2.76 bits per heavy atom. The fraction of sp³-hybridized carbons (Fsp3) is 0.500. The van der Waals surface area contributed by atoms with Gasteiger partial charge in [0.05, 0.1) is 29.4 Å². The molecule has 5 heteroatoms. The normalized spacial score (nSPS) is 17.4. The molecule has 132 valence electrons. The molecule has 0 radical (unpaired) electrons. The zero-order valence-electron chi connectivity index (χ0n) is 14.7. The molecule has 0 bridgehead atoms. The second-order valence-electron chi connectivity index (χ2n) is 7.05. The van der Waals surface area contributed by atoms with Crippen molar-refractivity contribution in [1.82, 2.24) is 14.5 Å². The Bertz CT molecular complexity index is 881. The molecule has 0 aliphatic heterocycles. The Labute approximate surface area is 147 Å². The van der Waals surface area contributed by atoms with Crippen LogP contribution in [-0.2, 0) is 17.9 Å². The zero-order chi connectivity index (χ0) is 17.3. The maximum atomic E-state index is 11.1. The molecule has 0 atom stereocenters. The van der Waals surface area contributed by atoms with E-state index in [1.807, 2.05) is 31.3 Å². The van der Waals surface area contributed by atoms with E-state index in [0.29, 0.717) is 19.8 Å². The lowest BCUT2D eigenvalue weighted by Gasteiger charge is -2.33. The lowest BCUT2D eigenvalue weighted by molar-refractivity contribution is -0.0123. The van der Waals surface area contributed by atoms with Gasteiger partial charge in [0.1, 0.15) is 17.9 Å². The number of hydrogen-bond acceptors (Lipinski definition) is 4. The summed E-state index contributed by atoms with van der Waals surface area (Å²) in [5, 5.41) is 12.2. The van der Waals surface area contributed by atoms with E-state index >= 15 is 0 Å². The third kappa shape index (κ3) is 3.14. The van der Waals surface area contributed by atoms with Crippen LogP contribution >= 0.6 is 0 Å². The first kappa shape index (κ1) is 16.5. The minimum atomic E-state index is -0.656. The van der Waals surface area contributed by atoms with E-state index in [9.17, 15) is 5.11 Å². The fourth-order valence-corrected chi connectivity index (χ4v) is 3.95. The third-order valence-corrected chi connectivity index (χ3v) is 5.23. The number of para-hydroxylation sites is 1. The predicted molar refractivity (Wildman–Crippen MR) is 98.4 cm³/mol. The van der Waals surface area contributed by atoms with Gasteiger partial charge in [-0.1, -0.05) is 37.5 Å². The van der Waals surface area contributed by atoms with Gasteiger partial charge < -0.3 is 14.4 Å². The maximum absolute atomic E-state index is 11.1. The average Bonchev–Trinajstić information content (AvgIpc) is 2.98. The molecule has 1 aromatic carbocycles. The molecule has 1 fully saturated rings. The van der Waals surface area contributed by atoms with Crippen LogP contribution in [0.2, 0.25) is 0 Å². The Morgan fingerprint density at radius 1 is 1.16 bits per heavy atom. The summed E-state index contributed by atoms with van der Waals surface area (Å²) in [5.41, 5.74) is 2.22. The van der Waals surface area contributed by atoms with Crippen molar-refractivity contribution in [3.8, 4) is 0 Å². The molecular formula is C20H25N3O2. The fourth-order valence-electron chi connectivity index (χ4n) is 3.95. The van der Waals surface area contributed by atoms with E-state index in [-0.39, 0.29) is 0 Å². The highest BCUT2D eigenvalue weighted by atomic mass is 16.5. The van der Waals surface area contributed by atoms with Crippen LogP contribution in [0.5, 0.6) is 0 Å². The first-order valence-electron chi connectivity index (χ1n) is 9.23. The summed E-state index contributed by atoms with van der Waals surface area (Å²) in [4.78, 5) is 9.29. The van der Waals surface area contributed by atoms with Crippen molar-refractivity contribution >= 4 is 21.9 Å². The summed E-state index contributed by atoms with van der Waals surface area (Å²) in [6, 6.07) is 8.12. The van der Waals surface area contributed by atoms with E-state index in [1.165, 1.54) is 6.42 Å². The number of pyridine rings is 1. The molecular weight excluding hydrogens is 314 g/mol. The summed E-state index contributed by atoms with van der Waals surface area (Å²) in [5.74, 6) is 0.869. The van der Waals surface area contributed by atoms with Crippen LogP contribution in [0.25, 0.3) is 21.9 Å². The summed E-state index contributed by atoms with van der Waals surface area (Å²) in [6.45, 7) is 3.65. The second-order valence-corrected chi connectivity index (χ2v) is 7.05. The number of hydrogen-bond donors (Lipinski definition) is 1. The number of aliphatic hydroxyl groups is 1. The van der Waals surface area contributed by atoms with E-state index in [4.69, 9.17) is 9.72 Å². The minimum absolute atomic E-state index is 0.454. The lowest BCUT2D eigenvalue weighted by Crippen LogP contribution is -2.36. The molecule has 0 unspecified atom stereocenters. The molecule has 0 spiro atoms.